The molecule has 4 aromatic rings. The van der Waals surface area contributed by atoms with Gasteiger partial charge in [-0.3, -0.25) is 4.79 Å². The molecule has 0 saturated heterocycles. The highest BCUT2D eigenvalue weighted by molar-refractivity contribution is 5.84. The molecule has 4 rings (SSSR count). The fourth-order valence-corrected chi connectivity index (χ4v) is 3.30. The third kappa shape index (κ3) is 7.74. The SMILES string of the molecule is CC(Oc1ccc(OCc2ccccc2)cc1)C(=O)N/N=C/c1cccc(OCc2ccccc2)c1. The molecule has 0 heterocycles. The van der Waals surface area contributed by atoms with Crippen molar-refractivity contribution in [3.05, 3.63) is 126 Å². The predicted octanol–water partition coefficient (Wildman–Crippen LogP) is 5.76. The molecule has 4 aromatic carbocycles. The van der Waals surface area contributed by atoms with Crippen LogP contribution in [0, 0.1) is 0 Å². The maximum Gasteiger partial charge on any atom is 0.280 e. The number of carbonyl (C=O) groups excluding carboxylic acids is 1. The Morgan fingerprint density at radius 3 is 1.97 bits per heavy atom. The van der Waals surface area contributed by atoms with Crippen LogP contribution in [0.15, 0.2) is 114 Å². The van der Waals surface area contributed by atoms with Gasteiger partial charge in [-0.25, -0.2) is 5.43 Å². The summed E-state index contributed by atoms with van der Waals surface area (Å²) in [5.74, 6) is 1.66. The van der Waals surface area contributed by atoms with Gasteiger partial charge in [-0.1, -0.05) is 72.8 Å². The van der Waals surface area contributed by atoms with Crippen molar-refractivity contribution in [3.63, 3.8) is 0 Å². The van der Waals surface area contributed by atoms with Gasteiger partial charge in [0.25, 0.3) is 5.91 Å². The van der Waals surface area contributed by atoms with Crippen LogP contribution in [0.25, 0.3) is 0 Å². The standard InChI is InChI=1S/C30H28N2O4/c1-23(36-28-17-15-27(16-18-28)34-21-24-9-4-2-5-10-24)30(33)32-31-20-26-13-8-14-29(19-26)35-22-25-11-6-3-7-12-25/h2-20,23H,21-22H2,1H3,(H,32,33)/b31-20+. The molecule has 1 unspecified atom stereocenters. The van der Waals surface area contributed by atoms with Crippen molar-refractivity contribution in [2.24, 2.45) is 5.10 Å². The number of hydrazone groups is 1. The van der Waals surface area contributed by atoms with E-state index in [1.54, 1.807) is 25.3 Å². The normalized spacial score (nSPS) is 11.6. The van der Waals surface area contributed by atoms with Crippen LogP contribution >= 0.6 is 0 Å². The van der Waals surface area contributed by atoms with E-state index in [1.165, 1.54) is 0 Å². The Labute approximate surface area is 211 Å². The molecular formula is C30H28N2O4. The van der Waals surface area contributed by atoms with Gasteiger partial charge < -0.3 is 14.2 Å². The van der Waals surface area contributed by atoms with E-state index in [1.807, 2.05) is 97.1 Å². The Morgan fingerprint density at radius 1 is 0.750 bits per heavy atom. The van der Waals surface area contributed by atoms with Gasteiger partial charge in [0.2, 0.25) is 0 Å². The molecule has 1 atom stereocenters. The van der Waals surface area contributed by atoms with Gasteiger partial charge in [0.15, 0.2) is 6.10 Å². The van der Waals surface area contributed by atoms with E-state index in [-0.39, 0.29) is 5.91 Å². The summed E-state index contributed by atoms with van der Waals surface area (Å²) in [5, 5.41) is 4.05. The number of hydrogen-bond acceptors (Lipinski definition) is 5. The molecular weight excluding hydrogens is 452 g/mol. The van der Waals surface area contributed by atoms with Crippen LogP contribution in [0.5, 0.6) is 17.2 Å². The number of rotatable bonds is 11. The van der Waals surface area contributed by atoms with Crippen molar-refractivity contribution in [2.75, 3.05) is 0 Å². The Bertz CT molecular complexity index is 1260. The molecule has 0 bridgehead atoms. The second-order valence-electron chi connectivity index (χ2n) is 8.09. The van der Waals surface area contributed by atoms with E-state index in [4.69, 9.17) is 14.2 Å². The van der Waals surface area contributed by atoms with Gasteiger partial charge in [-0.2, -0.15) is 5.10 Å². The van der Waals surface area contributed by atoms with Crippen LogP contribution in [0.2, 0.25) is 0 Å². The fraction of sp³-hybridized carbons (Fsp3) is 0.133. The Kier molecular flexibility index (Phi) is 8.70. The van der Waals surface area contributed by atoms with Crippen molar-refractivity contribution < 1.29 is 19.0 Å². The molecule has 1 N–H and O–H groups in total. The number of nitrogens with one attached hydrogen (secondary N) is 1. The topological polar surface area (TPSA) is 69.2 Å². The molecule has 0 saturated carbocycles. The number of hydrogen-bond donors (Lipinski definition) is 1. The van der Waals surface area contributed by atoms with Gasteiger partial charge in [0.1, 0.15) is 30.5 Å². The number of nitrogens with zero attached hydrogens (tertiary/aromatic N) is 1. The smallest absolute Gasteiger partial charge is 0.280 e. The summed E-state index contributed by atoms with van der Waals surface area (Å²) in [6.45, 7) is 2.63. The fourth-order valence-electron chi connectivity index (χ4n) is 3.30. The molecule has 182 valence electrons. The van der Waals surface area contributed by atoms with E-state index in [2.05, 4.69) is 10.5 Å². The summed E-state index contributed by atoms with van der Waals surface area (Å²) >= 11 is 0. The number of amides is 1. The lowest BCUT2D eigenvalue weighted by Gasteiger charge is -2.13. The average Bonchev–Trinajstić information content (AvgIpc) is 2.93. The molecule has 0 aromatic heterocycles. The highest BCUT2D eigenvalue weighted by Crippen LogP contribution is 2.20. The molecule has 0 aliphatic rings. The quantitative estimate of drug-likeness (QED) is 0.219. The van der Waals surface area contributed by atoms with Crippen LogP contribution in [-0.2, 0) is 18.0 Å². The van der Waals surface area contributed by atoms with Crippen molar-refractivity contribution in [1.29, 1.82) is 0 Å². The number of ether oxygens (including phenoxy) is 3. The van der Waals surface area contributed by atoms with E-state index in [0.29, 0.717) is 19.0 Å². The van der Waals surface area contributed by atoms with E-state index in [9.17, 15) is 4.79 Å². The van der Waals surface area contributed by atoms with Crippen molar-refractivity contribution >= 4 is 12.1 Å². The van der Waals surface area contributed by atoms with Gasteiger partial charge in [-0.15, -0.1) is 0 Å². The summed E-state index contributed by atoms with van der Waals surface area (Å²) in [7, 11) is 0. The highest BCUT2D eigenvalue weighted by atomic mass is 16.5. The second-order valence-corrected chi connectivity index (χ2v) is 8.09. The van der Waals surface area contributed by atoms with Crippen molar-refractivity contribution in [1.82, 2.24) is 5.43 Å². The summed E-state index contributed by atoms with van der Waals surface area (Å²) in [4.78, 5) is 12.4. The summed E-state index contributed by atoms with van der Waals surface area (Å²) in [5.41, 5.74) is 5.51. The van der Waals surface area contributed by atoms with Gasteiger partial charge in [-0.05, 0) is 60.0 Å². The maximum absolute atomic E-state index is 12.4. The Morgan fingerprint density at radius 2 is 1.33 bits per heavy atom. The lowest BCUT2D eigenvalue weighted by atomic mass is 10.2. The minimum atomic E-state index is -0.723. The first kappa shape index (κ1) is 24.5. The first-order valence-corrected chi connectivity index (χ1v) is 11.7. The maximum atomic E-state index is 12.4. The first-order valence-electron chi connectivity index (χ1n) is 11.7. The third-order valence-corrected chi connectivity index (χ3v) is 5.25. The molecule has 0 spiro atoms. The molecule has 36 heavy (non-hydrogen) atoms. The second kappa shape index (κ2) is 12.8. The van der Waals surface area contributed by atoms with Gasteiger partial charge in [0.05, 0.1) is 6.21 Å². The lowest BCUT2D eigenvalue weighted by Crippen LogP contribution is -2.33. The van der Waals surface area contributed by atoms with Crippen LogP contribution in [0.4, 0.5) is 0 Å². The summed E-state index contributed by atoms with van der Waals surface area (Å²) < 4.78 is 17.3. The highest BCUT2D eigenvalue weighted by Gasteiger charge is 2.14. The van der Waals surface area contributed by atoms with Crippen molar-refractivity contribution in [3.8, 4) is 17.2 Å². The molecule has 6 nitrogen and oxygen atoms in total. The van der Waals surface area contributed by atoms with Crippen LogP contribution in [0.3, 0.4) is 0 Å². The van der Waals surface area contributed by atoms with Crippen molar-refractivity contribution in [2.45, 2.75) is 26.2 Å². The van der Waals surface area contributed by atoms with E-state index < -0.39 is 6.10 Å². The van der Waals surface area contributed by atoms with Crippen LogP contribution in [0.1, 0.15) is 23.6 Å². The average molecular weight is 481 g/mol. The Hall–Kier alpha value is -4.58. The number of benzene rings is 4. The molecule has 0 aliphatic heterocycles. The van der Waals surface area contributed by atoms with Gasteiger partial charge in [0, 0.05) is 0 Å². The van der Waals surface area contributed by atoms with E-state index >= 15 is 0 Å². The Balaban J connectivity index is 1.22. The van der Waals surface area contributed by atoms with E-state index in [0.717, 1.165) is 28.2 Å². The van der Waals surface area contributed by atoms with Crippen LogP contribution < -0.4 is 19.6 Å². The molecule has 0 fully saturated rings. The largest absolute Gasteiger partial charge is 0.489 e. The monoisotopic (exact) mass is 480 g/mol. The number of carbonyl (C=O) groups is 1. The summed E-state index contributed by atoms with van der Waals surface area (Å²) in [6, 6.07) is 34.6. The predicted molar refractivity (Wildman–Crippen MR) is 140 cm³/mol. The lowest BCUT2D eigenvalue weighted by molar-refractivity contribution is -0.127. The van der Waals surface area contributed by atoms with Crippen LogP contribution in [-0.4, -0.2) is 18.2 Å². The minimum absolute atomic E-state index is 0.355. The molecule has 0 radical (unpaired) electrons. The summed E-state index contributed by atoms with van der Waals surface area (Å²) in [6.07, 6.45) is 0.845. The minimum Gasteiger partial charge on any atom is -0.489 e. The molecule has 6 heteroatoms. The first-order chi connectivity index (χ1) is 17.7. The zero-order valence-electron chi connectivity index (χ0n) is 20.0. The third-order valence-electron chi connectivity index (χ3n) is 5.25. The zero-order chi connectivity index (χ0) is 25.0. The molecule has 1 amide bonds. The molecule has 0 aliphatic carbocycles. The van der Waals surface area contributed by atoms with Gasteiger partial charge >= 0.3 is 0 Å². The zero-order valence-corrected chi connectivity index (χ0v) is 20.0.